The summed E-state index contributed by atoms with van der Waals surface area (Å²) in [5.41, 5.74) is 0.721. The Bertz CT molecular complexity index is 575. The van der Waals surface area contributed by atoms with E-state index < -0.39 is 0 Å². The van der Waals surface area contributed by atoms with Crippen molar-refractivity contribution in [3.05, 3.63) is 53.6 Å². The number of hydrogen-bond donors (Lipinski definition) is 1. The van der Waals surface area contributed by atoms with Gasteiger partial charge in [0.25, 0.3) is 0 Å². The Morgan fingerprint density at radius 3 is 1.58 bits per heavy atom. The highest BCUT2D eigenvalue weighted by Crippen LogP contribution is 2.26. The van der Waals surface area contributed by atoms with Gasteiger partial charge in [0, 0.05) is 5.56 Å². The zero-order valence-corrected chi connectivity index (χ0v) is 17.4. The Kier molecular flexibility index (Phi) is 22.1. The molecule has 0 heterocycles. The Morgan fingerprint density at radius 2 is 1.15 bits per heavy atom. The number of rotatable bonds is 4. The Labute approximate surface area is 158 Å². The van der Waals surface area contributed by atoms with Gasteiger partial charge < -0.3 is 9.84 Å². The van der Waals surface area contributed by atoms with E-state index in [1.54, 1.807) is 30.3 Å². The van der Waals surface area contributed by atoms with Crippen molar-refractivity contribution < 1.29 is 19.4 Å². The molecule has 0 aromatic heterocycles. The van der Waals surface area contributed by atoms with E-state index in [0.717, 1.165) is 6.29 Å². The van der Waals surface area contributed by atoms with Gasteiger partial charge in [-0.1, -0.05) is 55.4 Å². The van der Waals surface area contributed by atoms with Crippen molar-refractivity contribution >= 4 is 12.6 Å². The molecule has 1 N–H and O–H groups in total. The normalized spacial score (nSPS) is 7.69. The van der Waals surface area contributed by atoms with E-state index in [1.807, 2.05) is 55.4 Å². The largest absolute Gasteiger partial charge is 0.507 e. The van der Waals surface area contributed by atoms with E-state index in [0.29, 0.717) is 23.3 Å². The molecule has 0 atom stereocenters. The van der Waals surface area contributed by atoms with E-state index in [9.17, 15) is 14.7 Å². The zero-order valence-electron chi connectivity index (χ0n) is 17.4. The average molecular weight is 363 g/mol. The number of aromatic hydroxyl groups is 1. The maximum absolute atomic E-state index is 10.7. The molecule has 2 aromatic carbocycles. The molecule has 146 valence electrons. The average Bonchev–Trinajstić information content (AvgIpc) is 2.76. The molecule has 0 radical (unpaired) electrons. The van der Waals surface area contributed by atoms with Crippen LogP contribution in [0, 0.1) is 0 Å². The lowest BCUT2D eigenvalue weighted by atomic mass is 10.2. The summed E-state index contributed by atoms with van der Waals surface area (Å²) in [6.45, 7) is 16.0. The first-order valence-corrected chi connectivity index (χ1v) is 9.24. The van der Waals surface area contributed by atoms with Gasteiger partial charge in [-0.25, -0.2) is 0 Å². The molecule has 2 rings (SSSR count). The van der Waals surface area contributed by atoms with Crippen molar-refractivity contribution in [3.8, 4) is 17.2 Å². The van der Waals surface area contributed by atoms with E-state index in [4.69, 9.17) is 4.74 Å². The molecule has 0 aliphatic rings. The second-order valence-electron chi connectivity index (χ2n) is 3.63. The molecule has 0 bridgehead atoms. The molecule has 0 fully saturated rings. The van der Waals surface area contributed by atoms with E-state index in [2.05, 4.69) is 0 Å². The number of carbonyl (C=O) groups excluding carboxylic acids is 2. The highest BCUT2D eigenvalue weighted by molar-refractivity contribution is 5.80. The molecule has 2 aromatic rings. The van der Waals surface area contributed by atoms with Crippen LogP contribution in [0.3, 0.4) is 0 Å². The van der Waals surface area contributed by atoms with Crippen molar-refractivity contribution in [1.29, 1.82) is 0 Å². The fourth-order valence-corrected chi connectivity index (χ4v) is 1.44. The first-order chi connectivity index (χ1) is 12.7. The Balaban J connectivity index is -0.000000585. The van der Waals surface area contributed by atoms with Gasteiger partial charge in [0.15, 0.2) is 6.29 Å². The Hall–Kier alpha value is -2.62. The predicted molar refractivity (Wildman–Crippen MR) is 111 cm³/mol. The second kappa shape index (κ2) is 20.4. The first kappa shape index (κ1) is 28.2. The minimum Gasteiger partial charge on any atom is -0.507 e. The smallest absolute Gasteiger partial charge is 0.153 e. The molecular weight excluding hydrogens is 328 g/mol. The number of hydrogen-bond acceptors (Lipinski definition) is 4. The van der Waals surface area contributed by atoms with E-state index in [-0.39, 0.29) is 11.3 Å². The van der Waals surface area contributed by atoms with Gasteiger partial charge in [0.2, 0.25) is 0 Å². The summed E-state index contributed by atoms with van der Waals surface area (Å²) >= 11 is 0. The minimum absolute atomic E-state index is 0.0892. The van der Waals surface area contributed by atoms with Crippen LogP contribution in [0.15, 0.2) is 42.5 Å². The highest BCUT2D eigenvalue weighted by Gasteiger charge is 2.03. The van der Waals surface area contributed by atoms with Crippen LogP contribution in [-0.4, -0.2) is 17.7 Å². The second-order valence-corrected chi connectivity index (χ2v) is 3.63. The minimum atomic E-state index is -0.0892. The van der Waals surface area contributed by atoms with Gasteiger partial charge in [0.1, 0.15) is 23.5 Å². The summed E-state index contributed by atoms with van der Waals surface area (Å²) in [6, 6.07) is 10.9. The summed E-state index contributed by atoms with van der Waals surface area (Å²) in [4.78, 5) is 21.2. The van der Waals surface area contributed by atoms with Crippen LogP contribution in [0.5, 0.6) is 17.2 Å². The standard InChI is InChI=1S/C14H10O4.4C2H6/c15-8-10-1-3-12(4-2-10)18-13-5-6-14(17)11(7-13)9-16;4*1-2/h1-9,17H;4*1-2H3. The fraction of sp³-hybridized carbons (Fsp3) is 0.364. The van der Waals surface area contributed by atoms with Crippen molar-refractivity contribution in [3.63, 3.8) is 0 Å². The monoisotopic (exact) mass is 362 g/mol. The lowest BCUT2D eigenvalue weighted by Crippen LogP contribution is -1.88. The van der Waals surface area contributed by atoms with Gasteiger partial charge >= 0.3 is 0 Å². The van der Waals surface area contributed by atoms with Crippen molar-refractivity contribution in [2.75, 3.05) is 0 Å². The molecule has 0 saturated carbocycles. The maximum atomic E-state index is 10.7. The van der Waals surface area contributed by atoms with Crippen molar-refractivity contribution in [2.24, 2.45) is 0 Å². The fourth-order valence-electron chi connectivity index (χ4n) is 1.44. The predicted octanol–water partition coefficient (Wildman–Crippen LogP) is 6.91. The van der Waals surface area contributed by atoms with Crippen molar-refractivity contribution in [1.82, 2.24) is 0 Å². The summed E-state index contributed by atoms with van der Waals surface area (Å²) in [7, 11) is 0. The van der Waals surface area contributed by atoms with Crippen LogP contribution < -0.4 is 4.74 Å². The highest BCUT2D eigenvalue weighted by atomic mass is 16.5. The molecule has 26 heavy (non-hydrogen) atoms. The SMILES string of the molecule is CC.CC.CC.CC.O=Cc1ccc(Oc2ccc(O)c(C=O)c2)cc1. The third kappa shape index (κ3) is 11.0. The van der Waals surface area contributed by atoms with Gasteiger partial charge in [-0.15, -0.1) is 0 Å². The molecule has 0 spiro atoms. The van der Waals surface area contributed by atoms with Gasteiger partial charge in [-0.05, 0) is 42.5 Å². The summed E-state index contributed by atoms with van der Waals surface area (Å²) in [5.74, 6) is 0.894. The lowest BCUT2D eigenvalue weighted by Gasteiger charge is -2.06. The number of ether oxygens (including phenoxy) is 1. The van der Waals surface area contributed by atoms with Crippen LogP contribution in [0.1, 0.15) is 76.1 Å². The zero-order chi connectivity index (χ0) is 21.0. The number of benzene rings is 2. The first-order valence-electron chi connectivity index (χ1n) is 9.24. The number of carbonyl (C=O) groups is 2. The van der Waals surface area contributed by atoms with Crippen LogP contribution in [0.25, 0.3) is 0 Å². The lowest BCUT2D eigenvalue weighted by molar-refractivity contribution is 0.111. The summed E-state index contributed by atoms with van der Waals surface area (Å²) in [6.07, 6.45) is 1.30. The van der Waals surface area contributed by atoms with Crippen LogP contribution in [0.4, 0.5) is 0 Å². The molecule has 0 amide bonds. The molecule has 0 aliphatic heterocycles. The maximum Gasteiger partial charge on any atom is 0.153 e. The van der Waals surface area contributed by atoms with Gasteiger partial charge in [0.05, 0.1) is 5.56 Å². The van der Waals surface area contributed by atoms with Crippen LogP contribution in [0.2, 0.25) is 0 Å². The van der Waals surface area contributed by atoms with Crippen molar-refractivity contribution in [2.45, 2.75) is 55.4 Å². The number of aldehydes is 2. The molecule has 0 unspecified atom stereocenters. The molecule has 4 heteroatoms. The molecule has 0 aliphatic carbocycles. The summed E-state index contributed by atoms with van der Waals surface area (Å²) < 4.78 is 5.49. The number of phenolic OH excluding ortho intramolecular Hbond substituents is 1. The van der Waals surface area contributed by atoms with Gasteiger partial charge in [-0.3, -0.25) is 9.59 Å². The van der Waals surface area contributed by atoms with E-state index in [1.165, 1.54) is 12.1 Å². The topological polar surface area (TPSA) is 63.6 Å². The van der Waals surface area contributed by atoms with Crippen LogP contribution >= 0.6 is 0 Å². The molecular formula is C22H34O4. The third-order valence-electron chi connectivity index (χ3n) is 2.38. The van der Waals surface area contributed by atoms with Crippen LogP contribution in [-0.2, 0) is 0 Å². The Morgan fingerprint density at radius 1 is 0.692 bits per heavy atom. The molecule has 0 saturated heterocycles. The summed E-state index contributed by atoms with van der Waals surface area (Å²) in [5, 5.41) is 9.34. The number of phenols is 1. The van der Waals surface area contributed by atoms with Gasteiger partial charge in [-0.2, -0.15) is 0 Å². The third-order valence-corrected chi connectivity index (χ3v) is 2.38. The molecule has 4 nitrogen and oxygen atoms in total. The van der Waals surface area contributed by atoms with E-state index >= 15 is 0 Å². The quantitative estimate of drug-likeness (QED) is 0.600.